The number of nitrogens with one attached hydrogen (secondary N) is 1. The maximum atomic E-state index is 12.8. The Morgan fingerprint density at radius 3 is 2.39 bits per heavy atom. The Balaban J connectivity index is 0.000000775. The van der Waals surface area contributed by atoms with Crippen LogP contribution in [0, 0.1) is 0 Å². The van der Waals surface area contributed by atoms with Crippen molar-refractivity contribution in [3.8, 4) is 0 Å². The molecule has 3 N–H and O–H groups in total. The topological polar surface area (TPSA) is 66.6 Å². The summed E-state index contributed by atoms with van der Waals surface area (Å²) in [5.74, 6) is 0. The molecular formula is C23H32F3N2O2Y-. The van der Waals surface area contributed by atoms with E-state index >= 15 is 0 Å². The predicted molar refractivity (Wildman–Crippen MR) is 114 cm³/mol. The molecule has 0 saturated heterocycles. The van der Waals surface area contributed by atoms with Crippen molar-refractivity contribution in [2.45, 2.75) is 51.9 Å². The summed E-state index contributed by atoms with van der Waals surface area (Å²) in [5, 5.41) is 23.7. The van der Waals surface area contributed by atoms with Gasteiger partial charge in [0.05, 0.1) is 18.4 Å². The van der Waals surface area contributed by atoms with E-state index < -0.39 is 11.7 Å². The first-order chi connectivity index (χ1) is 14.3. The number of nitrogens with zero attached hydrogens (tertiary/aromatic N) is 1. The standard InChI is InChI=1S/C17H15F3N.C4H11NO2.C2H6.Y/c18-17(19,20)14-6-3-4-12(10-14)11-16-15-7-2-1-5-13(15)8-9-21-16;1-4(7)2-5-3-6;1-2;/h1-7,10,16H,8-9,11H2;4-7H,2-3H2,1H3;1-2H3;/q-1;;;. The average molecular weight is 514 g/mol. The van der Waals surface area contributed by atoms with Gasteiger partial charge < -0.3 is 15.5 Å². The molecule has 2 unspecified atom stereocenters. The molecule has 1 radical (unpaired) electrons. The Morgan fingerprint density at radius 1 is 1.13 bits per heavy atom. The number of benzene rings is 2. The fraction of sp³-hybridized carbons (Fsp3) is 0.478. The second-order valence-electron chi connectivity index (χ2n) is 6.73. The fourth-order valence-corrected chi connectivity index (χ4v) is 3.07. The van der Waals surface area contributed by atoms with Gasteiger partial charge in [0, 0.05) is 39.3 Å². The van der Waals surface area contributed by atoms with Crippen molar-refractivity contribution in [2.75, 3.05) is 19.8 Å². The summed E-state index contributed by atoms with van der Waals surface area (Å²) in [6.45, 7) is 6.78. The molecule has 0 aromatic heterocycles. The van der Waals surface area contributed by atoms with Crippen LogP contribution in [0.2, 0.25) is 0 Å². The van der Waals surface area contributed by atoms with Gasteiger partial charge in [0.15, 0.2) is 0 Å². The molecule has 31 heavy (non-hydrogen) atoms. The number of halogens is 3. The first-order valence-electron chi connectivity index (χ1n) is 10.2. The minimum atomic E-state index is -4.29. The first-order valence-corrected chi connectivity index (χ1v) is 10.2. The van der Waals surface area contributed by atoms with Gasteiger partial charge in [-0.2, -0.15) is 13.2 Å². The Kier molecular flexibility index (Phi) is 15.5. The number of rotatable bonds is 5. The monoisotopic (exact) mass is 514 g/mol. The molecule has 8 heteroatoms. The van der Waals surface area contributed by atoms with Crippen LogP contribution in [0.1, 0.15) is 49.1 Å². The van der Waals surface area contributed by atoms with Gasteiger partial charge in [0.2, 0.25) is 0 Å². The molecule has 1 aliphatic heterocycles. The van der Waals surface area contributed by atoms with E-state index in [9.17, 15) is 13.2 Å². The first kappa shape index (κ1) is 30.2. The molecular weight excluding hydrogens is 482 g/mol. The quantitative estimate of drug-likeness (QED) is 0.500. The van der Waals surface area contributed by atoms with E-state index in [0.717, 1.165) is 24.6 Å². The summed E-state index contributed by atoms with van der Waals surface area (Å²) in [4.78, 5) is 0. The summed E-state index contributed by atoms with van der Waals surface area (Å²) < 4.78 is 38.3. The molecule has 0 saturated carbocycles. The third kappa shape index (κ3) is 11.0. The van der Waals surface area contributed by atoms with Gasteiger partial charge in [-0.1, -0.05) is 61.9 Å². The number of hydrogen-bond acceptors (Lipinski definition) is 3. The third-order valence-corrected chi connectivity index (χ3v) is 4.38. The average Bonchev–Trinajstić information content (AvgIpc) is 2.74. The number of alkyl halides is 3. The van der Waals surface area contributed by atoms with Crippen molar-refractivity contribution in [2.24, 2.45) is 0 Å². The summed E-state index contributed by atoms with van der Waals surface area (Å²) in [5.41, 5.74) is 2.48. The second-order valence-corrected chi connectivity index (χ2v) is 6.73. The molecule has 1 heterocycles. The summed E-state index contributed by atoms with van der Waals surface area (Å²) in [6.07, 6.45) is -3.24. The molecule has 2 aromatic carbocycles. The van der Waals surface area contributed by atoms with Crippen LogP contribution in [0.3, 0.4) is 0 Å². The molecule has 1 aliphatic rings. The zero-order valence-corrected chi connectivity index (χ0v) is 21.2. The van der Waals surface area contributed by atoms with Gasteiger partial charge in [0.25, 0.3) is 0 Å². The molecule has 0 bridgehead atoms. The van der Waals surface area contributed by atoms with Crippen molar-refractivity contribution < 1.29 is 56.1 Å². The van der Waals surface area contributed by atoms with E-state index in [1.807, 2.05) is 32.0 Å². The van der Waals surface area contributed by atoms with Crippen LogP contribution >= 0.6 is 0 Å². The molecule has 0 amide bonds. The largest absolute Gasteiger partial charge is 0.655 e. The SMILES string of the molecule is CC.CC(O)CNCO.FC(F)(F)c1cccc(CC2[N-]CCc3ccccc32)c1.[Y]. The van der Waals surface area contributed by atoms with Gasteiger partial charge in [-0.25, -0.2) is 0 Å². The second kappa shape index (κ2) is 15.9. The van der Waals surface area contributed by atoms with Crippen LogP contribution in [-0.2, 0) is 51.7 Å². The van der Waals surface area contributed by atoms with Gasteiger partial charge in [0.1, 0.15) is 0 Å². The summed E-state index contributed by atoms with van der Waals surface area (Å²) >= 11 is 0. The van der Waals surface area contributed by atoms with Gasteiger partial charge in [-0.3, -0.25) is 5.32 Å². The van der Waals surface area contributed by atoms with Crippen molar-refractivity contribution in [1.29, 1.82) is 0 Å². The van der Waals surface area contributed by atoms with Crippen molar-refractivity contribution in [3.63, 3.8) is 0 Å². The molecule has 0 spiro atoms. The van der Waals surface area contributed by atoms with Crippen molar-refractivity contribution >= 4 is 0 Å². The van der Waals surface area contributed by atoms with E-state index in [1.165, 1.54) is 17.7 Å². The van der Waals surface area contributed by atoms with Crippen LogP contribution in [0.25, 0.3) is 5.32 Å². The maximum absolute atomic E-state index is 12.8. The van der Waals surface area contributed by atoms with Crippen LogP contribution in [0.5, 0.6) is 0 Å². The molecule has 4 nitrogen and oxygen atoms in total. The summed E-state index contributed by atoms with van der Waals surface area (Å²) in [7, 11) is 0. The molecule has 2 aromatic rings. The molecule has 171 valence electrons. The normalized spacial score (nSPS) is 15.8. The van der Waals surface area contributed by atoms with Gasteiger partial charge in [-0.15, -0.1) is 12.6 Å². The third-order valence-electron chi connectivity index (χ3n) is 4.38. The number of aliphatic hydroxyl groups is 2. The van der Waals surface area contributed by atoms with Crippen molar-refractivity contribution in [3.05, 3.63) is 76.1 Å². The van der Waals surface area contributed by atoms with E-state index in [1.54, 1.807) is 13.0 Å². The zero-order chi connectivity index (χ0) is 22.6. The number of hydrogen-bond donors (Lipinski definition) is 3. The van der Waals surface area contributed by atoms with Crippen LogP contribution in [0.4, 0.5) is 13.2 Å². The van der Waals surface area contributed by atoms with E-state index in [4.69, 9.17) is 10.2 Å². The number of aliphatic hydroxyl groups excluding tert-OH is 2. The van der Waals surface area contributed by atoms with E-state index in [0.29, 0.717) is 18.5 Å². The Hall–Kier alpha value is -0.826. The zero-order valence-electron chi connectivity index (χ0n) is 18.4. The Bertz CT molecular complexity index is 743. The van der Waals surface area contributed by atoms with Crippen molar-refractivity contribution in [1.82, 2.24) is 5.32 Å². The fourth-order valence-electron chi connectivity index (χ4n) is 3.07. The molecule has 2 atom stereocenters. The van der Waals surface area contributed by atoms with Gasteiger partial charge in [-0.05, 0) is 37.0 Å². The number of fused-ring (bicyclic) bond motifs is 1. The molecule has 0 fully saturated rings. The summed E-state index contributed by atoms with van der Waals surface area (Å²) in [6, 6.07) is 13.5. The Labute approximate surface area is 208 Å². The van der Waals surface area contributed by atoms with Gasteiger partial charge >= 0.3 is 6.18 Å². The minimum Gasteiger partial charge on any atom is -0.655 e. The minimum absolute atomic E-state index is 0. The maximum Gasteiger partial charge on any atom is 0.416 e. The Morgan fingerprint density at radius 2 is 1.81 bits per heavy atom. The molecule has 3 rings (SSSR count). The predicted octanol–water partition coefficient (Wildman–Crippen LogP) is 4.85. The smallest absolute Gasteiger partial charge is 0.416 e. The van der Waals surface area contributed by atoms with Crippen LogP contribution in [0.15, 0.2) is 48.5 Å². The van der Waals surface area contributed by atoms with E-state index in [2.05, 4.69) is 16.7 Å². The van der Waals surface area contributed by atoms with Crippen LogP contribution < -0.4 is 5.32 Å². The van der Waals surface area contributed by atoms with Crippen LogP contribution in [-0.4, -0.2) is 36.1 Å². The van der Waals surface area contributed by atoms with E-state index in [-0.39, 0.29) is 51.6 Å². The molecule has 0 aliphatic carbocycles.